The van der Waals surface area contributed by atoms with Gasteiger partial charge in [-0.1, -0.05) is 27.2 Å². The zero-order valence-electron chi connectivity index (χ0n) is 12.1. The molecule has 1 N–H and O–H groups in total. The van der Waals surface area contributed by atoms with E-state index in [0.717, 1.165) is 12.8 Å². The molecule has 0 aromatic rings. The molecule has 0 bridgehead atoms. The zero-order chi connectivity index (χ0) is 13.4. The van der Waals surface area contributed by atoms with Crippen LogP contribution in [0.2, 0.25) is 0 Å². The van der Waals surface area contributed by atoms with Gasteiger partial charge in [-0.15, -0.1) is 0 Å². The van der Waals surface area contributed by atoms with Crippen LogP contribution < -0.4 is 5.32 Å². The molecule has 0 aliphatic rings. The molecule has 0 spiro atoms. The van der Waals surface area contributed by atoms with Gasteiger partial charge >= 0.3 is 5.97 Å². The van der Waals surface area contributed by atoms with Gasteiger partial charge in [0.2, 0.25) is 0 Å². The van der Waals surface area contributed by atoms with Crippen LogP contribution in [0.1, 0.15) is 40.5 Å². The first-order valence-electron chi connectivity index (χ1n) is 6.46. The number of likely N-dealkylation sites (N-methyl/N-ethyl adjacent to an activating group) is 1. The zero-order valence-corrected chi connectivity index (χ0v) is 12.1. The molecule has 17 heavy (non-hydrogen) atoms. The molecule has 4 nitrogen and oxygen atoms in total. The smallest absolute Gasteiger partial charge is 0.324 e. The van der Waals surface area contributed by atoms with Gasteiger partial charge in [-0.2, -0.15) is 0 Å². The van der Waals surface area contributed by atoms with Crippen molar-refractivity contribution in [2.24, 2.45) is 0 Å². The maximum atomic E-state index is 11.7. The predicted molar refractivity (Wildman–Crippen MR) is 71.1 cm³/mol. The SMILES string of the molecule is CCCC(C)N(C)CC(NC(C)C)C(=O)OC. The van der Waals surface area contributed by atoms with E-state index in [1.54, 1.807) is 0 Å². The van der Waals surface area contributed by atoms with Gasteiger partial charge < -0.3 is 15.0 Å². The number of carbonyl (C=O) groups excluding carboxylic acids is 1. The Morgan fingerprint density at radius 1 is 1.35 bits per heavy atom. The second kappa shape index (κ2) is 8.48. The highest BCUT2D eigenvalue weighted by atomic mass is 16.5. The number of hydrogen-bond donors (Lipinski definition) is 1. The van der Waals surface area contributed by atoms with Crippen LogP contribution in [0.25, 0.3) is 0 Å². The van der Waals surface area contributed by atoms with Crippen molar-refractivity contribution in [2.75, 3.05) is 20.7 Å². The van der Waals surface area contributed by atoms with Gasteiger partial charge in [-0.25, -0.2) is 0 Å². The summed E-state index contributed by atoms with van der Waals surface area (Å²) in [7, 11) is 3.49. The maximum Gasteiger partial charge on any atom is 0.324 e. The molecule has 0 amide bonds. The van der Waals surface area contributed by atoms with E-state index in [1.165, 1.54) is 7.11 Å². The summed E-state index contributed by atoms with van der Waals surface area (Å²) in [5, 5.41) is 3.24. The van der Waals surface area contributed by atoms with Gasteiger partial charge in [-0.05, 0) is 20.4 Å². The predicted octanol–water partition coefficient (Wildman–Crippen LogP) is 1.65. The van der Waals surface area contributed by atoms with Crippen molar-refractivity contribution in [2.45, 2.75) is 58.7 Å². The average Bonchev–Trinajstić information content (AvgIpc) is 2.26. The van der Waals surface area contributed by atoms with E-state index in [-0.39, 0.29) is 18.1 Å². The monoisotopic (exact) mass is 244 g/mol. The molecule has 0 saturated carbocycles. The number of nitrogens with one attached hydrogen (secondary N) is 1. The fourth-order valence-electron chi connectivity index (χ4n) is 1.85. The minimum Gasteiger partial charge on any atom is -0.468 e. The Labute approximate surface area is 106 Å². The van der Waals surface area contributed by atoms with E-state index in [9.17, 15) is 4.79 Å². The van der Waals surface area contributed by atoms with Crippen LogP contribution in [0, 0.1) is 0 Å². The first kappa shape index (κ1) is 16.4. The van der Waals surface area contributed by atoms with Gasteiger partial charge in [0, 0.05) is 18.6 Å². The lowest BCUT2D eigenvalue weighted by molar-refractivity contribution is -0.143. The number of rotatable bonds is 8. The van der Waals surface area contributed by atoms with Crippen molar-refractivity contribution in [1.82, 2.24) is 10.2 Å². The number of esters is 1. The molecule has 4 heteroatoms. The van der Waals surface area contributed by atoms with Gasteiger partial charge in [0.15, 0.2) is 0 Å². The van der Waals surface area contributed by atoms with Crippen molar-refractivity contribution in [3.05, 3.63) is 0 Å². The van der Waals surface area contributed by atoms with Crippen molar-refractivity contribution in [1.29, 1.82) is 0 Å². The number of ether oxygens (including phenoxy) is 1. The van der Waals surface area contributed by atoms with Crippen LogP contribution in [0.3, 0.4) is 0 Å². The molecule has 0 aliphatic heterocycles. The molecule has 2 unspecified atom stereocenters. The van der Waals surface area contributed by atoms with Crippen LogP contribution in [-0.2, 0) is 9.53 Å². The molecule has 0 saturated heterocycles. The summed E-state index contributed by atoms with van der Waals surface area (Å²) in [6.45, 7) is 9.12. The topological polar surface area (TPSA) is 41.6 Å². The largest absolute Gasteiger partial charge is 0.468 e. The van der Waals surface area contributed by atoms with Gasteiger partial charge in [0.25, 0.3) is 0 Å². The minimum atomic E-state index is -0.246. The number of nitrogens with zero attached hydrogens (tertiary/aromatic N) is 1. The average molecular weight is 244 g/mol. The summed E-state index contributed by atoms with van der Waals surface area (Å²) in [5.74, 6) is -0.186. The van der Waals surface area contributed by atoms with Crippen LogP contribution in [0.5, 0.6) is 0 Å². The summed E-state index contributed by atoms with van der Waals surface area (Å²) >= 11 is 0. The molecule has 0 rings (SSSR count). The molecule has 0 heterocycles. The summed E-state index contributed by atoms with van der Waals surface area (Å²) in [6, 6.07) is 0.513. The van der Waals surface area contributed by atoms with E-state index >= 15 is 0 Å². The third-order valence-electron chi connectivity index (χ3n) is 2.95. The summed E-state index contributed by atoms with van der Waals surface area (Å²) in [6.07, 6.45) is 2.30. The highest BCUT2D eigenvalue weighted by molar-refractivity contribution is 5.75. The second-order valence-corrected chi connectivity index (χ2v) is 4.97. The van der Waals surface area contributed by atoms with E-state index in [2.05, 4.69) is 31.1 Å². The second-order valence-electron chi connectivity index (χ2n) is 4.97. The fraction of sp³-hybridized carbons (Fsp3) is 0.923. The third-order valence-corrected chi connectivity index (χ3v) is 2.95. The Hall–Kier alpha value is -0.610. The van der Waals surface area contributed by atoms with Crippen LogP contribution in [0.15, 0.2) is 0 Å². The molecule has 0 aromatic carbocycles. The lowest BCUT2D eigenvalue weighted by Crippen LogP contribution is -2.49. The summed E-state index contributed by atoms with van der Waals surface area (Å²) < 4.78 is 4.83. The fourth-order valence-corrected chi connectivity index (χ4v) is 1.85. The quantitative estimate of drug-likeness (QED) is 0.659. The van der Waals surface area contributed by atoms with E-state index < -0.39 is 0 Å². The molecule has 0 fully saturated rings. The maximum absolute atomic E-state index is 11.7. The molecule has 0 aliphatic carbocycles. The van der Waals surface area contributed by atoms with Crippen LogP contribution in [-0.4, -0.2) is 49.7 Å². The normalized spacial score (nSPS) is 15.1. The highest BCUT2D eigenvalue weighted by Gasteiger charge is 2.23. The third kappa shape index (κ3) is 6.64. The minimum absolute atomic E-state index is 0.186. The number of carbonyl (C=O) groups is 1. The van der Waals surface area contributed by atoms with Gasteiger partial charge in [-0.3, -0.25) is 4.79 Å². The molecule has 102 valence electrons. The van der Waals surface area contributed by atoms with E-state index in [1.807, 2.05) is 13.8 Å². The lowest BCUT2D eigenvalue weighted by atomic mass is 10.1. The summed E-state index contributed by atoms with van der Waals surface area (Å²) in [5.41, 5.74) is 0. The van der Waals surface area contributed by atoms with Crippen molar-refractivity contribution >= 4 is 5.97 Å². The van der Waals surface area contributed by atoms with Crippen LogP contribution in [0.4, 0.5) is 0 Å². The Morgan fingerprint density at radius 3 is 2.35 bits per heavy atom. The van der Waals surface area contributed by atoms with Gasteiger partial charge in [0.05, 0.1) is 7.11 Å². The number of hydrogen-bond acceptors (Lipinski definition) is 4. The first-order valence-corrected chi connectivity index (χ1v) is 6.46. The molecule has 0 radical (unpaired) electrons. The molecular formula is C13H28N2O2. The van der Waals surface area contributed by atoms with Crippen molar-refractivity contribution in [3.63, 3.8) is 0 Å². The van der Waals surface area contributed by atoms with Crippen molar-refractivity contribution in [3.8, 4) is 0 Å². The van der Waals surface area contributed by atoms with Gasteiger partial charge in [0.1, 0.15) is 6.04 Å². The van der Waals surface area contributed by atoms with E-state index in [4.69, 9.17) is 4.74 Å². The first-order chi connectivity index (χ1) is 7.92. The highest BCUT2D eigenvalue weighted by Crippen LogP contribution is 2.05. The Morgan fingerprint density at radius 2 is 1.94 bits per heavy atom. The molecule has 0 aromatic heterocycles. The lowest BCUT2D eigenvalue weighted by Gasteiger charge is -2.29. The molecular weight excluding hydrogens is 216 g/mol. The standard InChI is InChI=1S/C13H28N2O2/c1-7-8-11(4)15(5)9-12(13(16)17-6)14-10(2)3/h10-12,14H,7-9H2,1-6H3. The molecule has 2 atom stereocenters. The van der Waals surface area contributed by atoms with Crippen LogP contribution >= 0.6 is 0 Å². The van der Waals surface area contributed by atoms with E-state index in [0.29, 0.717) is 12.6 Å². The Kier molecular flexibility index (Phi) is 8.17. The Bertz CT molecular complexity index is 219. The number of methoxy groups -OCH3 is 1. The summed E-state index contributed by atoms with van der Waals surface area (Å²) in [4.78, 5) is 13.9. The van der Waals surface area contributed by atoms with Crippen molar-refractivity contribution < 1.29 is 9.53 Å². The Balaban J connectivity index is 4.36.